The van der Waals surface area contributed by atoms with Crippen LogP contribution in [0.1, 0.15) is 44.6 Å². The van der Waals surface area contributed by atoms with E-state index < -0.39 is 0 Å². The highest BCUT2D eigenvalue weighted by molar-refractivity contribution is 5.71. The van der Waals surface area contributed by atoms with Gasteiger partial charge in [0.1, 0.15) is 11.4 Å². The average Bonchev–Trinajstić information content (AvgIpc) is 2.47. The number of quaternary nitrogens is 1. The van der Waals surface area contributed by atoms with Gasteiger partial charge in [0, 0.05) is 24.7 Å². The topological polar surface area (TPSA) is 29.5 Å². The number of rotatable bonds is 3. The van der Waals surface area contributed by atoms with Crippen LogP contribution in [-0.4, -0.2) is 45.2 Å². The predicted molar refractivity (Wildman–Crippen MR) is 91.5 cm³/mol. The maximum atomic E-state index is 12.2. The van der Waals surface area contributed by atoms with E-state index >= 15 is 0 Å². The van der Waals surface area contributed by atoms with E-state index in [0.717, 1.165) is 30.4 Å². The monoisotopic (exact) mass is 432 g/mol. The van der Waals surface area contributed by atoms with E-state index in [2.05, 4.69) is 41.1 Å². The first-order chi connectivity index (χ1) is 10.3. The van der Waals surface area contributed by atoms with Crippen LogP contribution in [0.5, 0.6) is 5.75 Å². The molecule has 4 nitrogen and oxygen atoms in total. The number of hydrogen-bond donors (Lipinski definition) is 0. The Morgan fingerprint density at radius 1 is 1.13 bits per heavy atom. The van der Waals surface area contributed by atoms with Crippen LogP contribution in [0, 0.1) is 0 Å². The summed E-state index contributed by atoms with van der Waals surface area (Å²) in [4.78, 5) is 14.0. The highest BCUT2D eigenvalue weighted by atomic mass is 127. The lowest BCUT2D eigenvalue weighted by atomic mass is 9.99. The first kappa shape index (κ1) is 20.2. The summed E-state index contributed by atoms with van der Waals surface area (Å²) >= 11 is 0. The Hall–Kier alpha value is -0.820. The van der Waals surface area contributed by atoms with Crippen molar-refractivity contribution in [2.45, 2.75) is 39.0 Å². The summed E-state index contributed by atoms with van der Waals surface area (Å²) in [6, 6.07) is 6.01. The molecule has 2 rings (SSSR count). The first-order valence-corrected chi connectivity index (χ1v) is 8.22. The summed E-state index contributed by atoms with van der Waals surface area (Å²) in [5.74, 6) is 1.04. The summed E-state index contributed by atoms with van der Waals surface area (Å²) < 4.78 is 6.35. The lowest BCUT2D eigenvalue weighted by Crippen LogP contribution is -3.00. The normalized spacial score (nSPS) is 15.3. The highest BCUT2D eigenvalue weighted by Gasteiger charge is 2.22. The molecule has 0 N–H and O–H groups in total. The fourth-order valence-electron chi connectivity index (χ4n) is 2.91. The standard InChI is InChI=1S/C18H29N2O2.HI/c1-14(2)16-13-15(9-10-17(16)20(3,4)5)22-18(21)19-11-7-6-8-12-19;/h9-10,13-14H,6-8,11-12H2,1-5H3;1H/q+1;/p-1. The van der Waals surface area contributed by atoms with Crippen LogP contribution in [0.4, 0.5) is 10.5 Å². The van der Waals surface area contributed by atoms with Crippen LogP contribution < -0.4 is 33.2 Å². The van der Waals surface area contributed by atoms with Crippen molar-refractivity contribution in [1.82, 2.24) is 9.38 Å². The molecule has 1 heterocycles. The van der Waals surface area contributed by atoms with Crippen molar-refractivity contribution in [3.05, 3.63) is 23.8 Å². The minimum atomic E-state index is -0.215. The van der Waals surface area contributed by atoms with Gasteiger partial charge in [0.25, 0.3) is 0 Å². The molecule has 0 radical (unpaired) electrons. The second-order valence-electron chi connectivity index (χ2n) is 7.30. The third kappa shape index (κ3) is 5.35. The molecule has 1 aromatic carbocycles. The number of carbonyl (C=O) groups excluding carboxylic acids is 1. The molecule has 0 aliphatic carbocycles. The molecule has 1 aliphatic rings. The van der Waals surface area contributed by atoms with Crippen LogP contribution in [0.25, 0.3) is 0 Å². The fourth-order valence-corrected chi connectivity index (χ4v) is 2.91. The smallest absolute Gasteiger partial charge is 0.415 e. The lowest BCUT2D eigenvalue weighted by molar-refractivity contribution is -0.0000109. The second-order valence-corrected chi connectivity index (χ2v) is 7.30. The largest absolute Gasteiger partial charge is 1.00 e. The van der Waals surface area contributed by atoms with Gasteiger partial charge in [-0.15, -0.1) is 0 Å². The molecular weight excluding hydrogens is 403 g/mol. The maximum absolute atomic E-state index is 12.2. The van der Waals surface area contributed by atoms with Gasteiger partial charge in [0.2, 0.25) is 0 Å². The van der Waals surface area contributed by atoms with E-state index in [-0.39, 0.29) is 30.1 Å². The molecule has 1 aliphatic heterocycles. The molecular formula is C18H29IN2O2. The SMILES string of the molecule is CC(C)c1cc(OC(=O)N2CCCCC2)ccc1[N+](C)(C)C.[I-]. The van der Waals surface area contributed by atoms with E-state index in [0.29, 0.717) is 11.7 Å². The van der Waals surface area contributed by atoms with E-state index in [1.54, 1.807) is 0 Å². The lowest BCUT2D eigenvalue weighted by Gasteiger charge is -2.28. The number of carbonyl (C=O) groups is 1. The van der Waals surface area contributed by atoms with E-state index in [1.165, 1.54) is 17.7 Å². The quantitative estimate of drug-likeness (QED) is 0.527. The maximum Gasteiger partial charge on any atom is 0.415 e. The molecule has 0 aromatic heterocycles. The highest BCUT2D eigenvalue weighted by Crippen LogP contribution is 2.32. The zero-order chi connectivity index (χ0) is 16.3. The Morgan fingerprint density at radius 3 is 2.26 bits per heavy atom. The van der Waals surface area contributed by atoms with Crippen molar-refractivity contribution in [3.8, 4) is 5.75 Å². The number of amides is 1. The number of ether oxygens (including phenoxy) is 1. The molecule has 0 saturated carbocycles. The number of halogens is 1. The zero-order valence-corrected chi connectivity index (χ0v) is 17.1. The Bertz CT molecular complexity index is 532. The van der Waals surface area contributed by atoms with Gasteiger partial charge >= 0.3 is 6.09 Å². The van der Waals surface area contributed by atoms with Crippen LogP contribution in [0.2, 0.25) is 0 Å². The van der Waals surface area contributed by atoms with Gasteiger partial charge in [-0.2, -0.15) is 0 Å². The number of nitrogens with zero attached hydrogens (tertiary/aromatic N) is 2. The summed E-state index contributed by atoms with van der Waals surface area (Å²) in [6.45, 7) is 5.97. The number of likely N-dealkylation sites (tertiary alicyclic amines) is 1. The van der Waals surface area contributed by atoms with Crippen molar-refractivity contribution in [2.75, 3.05) is 34.2 Å². The van der Waals surface area contributed by atoms with Crippen LogP contribution in [-0.2, 0) is 0 Å². The summed E-state index contributed by atoms with van der Waals surface area (Å²) in [6.07, 6.45) is 3.14. The third-order valence-electron chi connectivity index (χ3n) is 4.16. The minimum Gasteiger partial charge on any atom is -1.00 e. The van der Waals surface area contributed by atoms with Crippen LogP contribution in [0.15, 0.2) is 18.2 Å². The Labute approximate surface area is 157 Å². The third-order valence-corrected chi connectivity index (χ3v) is 4.16. The van der Waals surface area contributed by atoms with E-state index in [1.807, 2.05) is 17.0 Å². The van der Waals surface area contributed by atoms with Gasteiger partial charge in [-0.25, -0.2) is 4.79 Å². The molecule has 1 amide bonds. The molecule has 1 fully saturated rings. The van der Waals surface area contributed by atoms with Crippen LogP contribution in [0.3, 0.4) is 0 Å². The van der Waals surface area contributed by atoms with Crippen molar-refractivity contribution < 1.29 is 33.5 Å². The van der Waals surface area contributed by atoms with Crippen molar-refractivity contribution in [1.29, 1.82) is 0 Å². The molecule has 1 aromatic rings. The summed E-state index contributed by atoms with van der Waals surface area (Å²) in [5.41, 5.74) is 2.49. The molecule has 130 valence electrons. The van der Waals surface area contributed by atoms with Gasteiger partial charge in [-0.05, 0) is 37.3 Å². The average molecular weight is 432 g/mol. The number of piperidine rings is 1. The van der Waals surface area contributed by atoms with Gasteiger partial charge < -0.3 is 33.6 Å². The van der Waals surface area contributed by atoms with Crippen LogP contribution >= 0.6 is 0 Å². The Morgan fingerprint density at radius 2 is 1.74 bits per heavy atom. The number of benzene rings is 1. The summed E-state index contributed by atoms with van der Waals surface area (Å²) in [7, 11) is 6.46. The fraction of sp³-hybridized carbons (Fsp3) is 0.611. The van der Waals surface area contributed by atoms with Crippen molar-refractivity contribution in [3.63, 3.8) is 0 Å². The first-order valence-electron chi connectivity index (χ1n) is 8.22. The van der Waals surface area contributed by atoms with Gasteiger partial charge in [-0.1, -0.05) is 13.8 Å². The van der Waals surface area contributed by atoms with Crippen molar-refractivity contribution >= 4 is 11.8 Å². The van der Waals surface area contributed by atoms with Gasteiger partial charge in [0.05, 0.1) is 21.1 Å². The number of hydrogen-bond acceptors (Lipinski definition) is 2. The molecule has 0 unspecified atom stereocenters. The van der Waals surface area contributed by atoms with Gasteiger partial charge in [-0.3, -0.25) is 4.48 Å². The molecule has 0 bridgehead atoms. The van der Waals surface area contributed by atoms with Crippen molar-refractivity contribution in [2.24, 2.45) is 0 Å². The second kappa shape index (κ2) is 8.33. The Kier molecular flexibility index (Phi) is 7.32. The Balaban J connectivity index is 0.00000264. The minimum absolute atomic E-state index is 0. The van der Waals surface area contributed by atoms with E-state index in [4.69, 9.17) is 4.74 Å². The van der Waals surface area contributed by atoms with Gasteiger partial charge in [0.15, 0.2) is 0 Å². The molecule has 1 saturated heterocycles. The predicted octanol–water partition coefficient (Wildman–Crippen LogP) is 0.995. The zero-order valence-electron chi connectivity index (χ0n) is 14.9. The summed E-state index contributed by atoms with van der Waals surface area (Å²) in [5, 5.41) is 0. The molecule has 5 heteroatoms. The molecule has 0 atom stereocenters. The molecule has 23 heavy (non-hydrogen) atoms. The molecule has 0 spiro atoms. The van der Waals surface area contributed by atoms with E-state index in [9.17, 15) is 4.79 Å².